The number of allylic oxidation sites excluding steroid dienone is 1. The molecule has 0 unspecified atom stereocenters. The molecule has 0 aliphatic rings. The number of unbranched alkanes of at least 4 members (excludes halogenated alkanes) is 4. The van der Waals surface area contributed by atoms with Crippen molar-refractivity contribution in [3.8, 4) is 6.07 Å². The second kappa shape index (κ2) is 11.0. The van der Waals surface area contributed by atoms with Crippen molar-refractivity contribution in [2.75, 3.05) is 6.54 Å². The van der Waals surface area contributed by atoms with E-state index in [-0.39, 0.29) is 0 Å². The third kappa shape index (κ3) is 11.0. The van der Waals surface area contributed by atoms with Crippen LogP contribution in [0.5, 0.6) is 0 Å². The van der Waals surface area contributed by atoms with Crippen molar-refractivity contribution in [2.45, 2.75) is 45.4 Å². The zero-order valence-electron chi connectivity index (χ0n) is 8.55. The number of nitrogens with zero attached hydrogens (tertiary/aromatic N) is 1. The largest absolute Gasteiger partial charge is 0.390 e. The van der Waals surface area contributed by atoms with Crippen LogP contribution in [0, 0.1) is 11.3 Å². The first kappa shape index (κ1) is 12.0. The zero-order chi connectivity index (χ0) is 9.78. The van der Waals surface area contributed by atoms with E-state index in [0.717, 1.165) is 13.0 Å². The van der Waals surface area contributed by atoms with E-state index in [4.69, 9.17) is 5.26 Å². The molecule has 0 atom stereocenters. The summed E-state index contributed by atoms with van der Waals surface area (Å²) in [5.74, 6) is 0. The van der Waals surface area contributed by atoms with Gasteiger partial charge in [0.05, 0.1) is 12.5 Å². The Morgan fingerprint density at radius 1 is 1.31 bits per heavy atom. The van der Waals surface area contributed by atoms with Crippen molar-refractivity contribution in [1.29, 1.82) is 5.26 Å². The molecule has 0 aromatic rings. The minimum atomic E-state index is 0.584. The first-order chi connectivity index (χ1) is 6.41. The smallest absolute Gasteiger partial charge is 0.0640 e. The summed E-state index contributed by atoms with van der Waals surface area (Å²) in [7, 11) is 0. The van der Waals surface area contributed by atoms with Gasteiger partial charge in [0.15, 0.2) is 0 Å². The Kier molecular flexibility index (Phi) is 10.2. The molecule has 13 heavy (non-hydrogen) atoms. The summed E-state index contributed by atoms with van der Waals surface area (Å²) < 4.78 is 0. The molecular formula is C11H20N2. The van der Waals surface area contributed by atoms with E-state index < -0.39 is 0 Å². The molecule has 0 radical (unpaired) electrons. The van der Waals surface area contributed by atoms with Gasteiger partial charge in [-0.25, -0.2) is 0 Å². The molecule has 0 bridgehead atoms. The lowest BCUT2D eigenvalue weighted by Crippen LogP contribution is -2.05. The lowest BCUT2D eigenvalue weighted by atomic mass is 10.1. The lowest BCUT2D eigenvalue weighted by Gasteiger charge is -1.95. The van der Waals surface area contributed by atoms with Gasteiger partial charge >= 0.3 is 0 Å². The Morgan fingerprint density at radius 2 is 2.15 bits per heavy atom. The second-order valence-electron chi connectivity index (χ2n) is 3.11. The third-order valence-corrected chi connectivity index (χ3v) is 1.84. The van der Waals surface area contributed by atoms with Crippen LogP contribution in [0.4, 0.5) is 0 Å². The summed E-state index contributed by atoms with van der Waals surface area (Å²) in [5.41, 5.74) is 0. The van der Waals surface area contributed by atoms with E-state index in [0.29, 0.717) is 6.42 Å². The number of hydrogen-bond donors (Lipinski definition) is 1. The van der Waals surface area contributed by atoms with Crippen LogP contribution in [0.1, 0.15) is 45.4 Å². The highest BCUT2D eigenvalue weighted by Crippen LogP contribution is 2.02. The Balaban J connectivity index is 3.00. The molecule has 0 spiro atoms. The SMILES string of the molecule is CCCCCC/C=C/NCCC#N. The molecule has 74 valence electrons. The lowest BCUT2D eigenvalue weighted by molar-refractivity contribution is 0.673. The first-order valence-electron chi connectivity index (χ1n) is 5.17. The average molecular weight is 180 g/mol. The van der Waals surface area contributed by atoms with E-state index in [1.807, 2.05) is 6.20 Å². The molecule has 1 N–H and O–H groups in total. The van der Waals surface area contributed by atoms with E-state index in [1.165, 1.54) is 25.7 Å². The van der Waals surface area contributed by atoms with Crippen molar-refractivity contribution in [3.63, 3.8) is 0 Å². The fourth-order valence-electron chi connectivity index (χ4n) is 1.07. The fraction of sp³-hybridized carbons (Fsp3) is 0.727. The standard InChI is InChI=1S/C11H20N2/c1-2-3-4-5-6-7-10-13-11-8-9-12/h7,10,13H,2-6,8,11H2,1H3/b10-7+. The first-order valence-corrected chi connectivity index (χ1v) is 5.17. The predicted molar refractivity (Wildman–Crippen MR) is 56.1 cm³/mol. The number of nitriles is 1. The third-order valence-electron chi connectivity index (χ3n) is 1.84. The van der Waals surface area contributed by atoms with Crippen molar-refractivity contribution in [2.24, 2.45) is 0 Å². The highest BCUT2D eigenvalue weighted by Gasteiger charge is 1.83. The van der Waals surface area contributed by atoms with E-state index in [2.05, 4.69) is 24.4 Å². The van der Waals surface area contributed by atoms with Gasteiger partial charge in [0.25, 0.3) is 0 Å². The molecule has 0 rings (SSSR count). The van der Waals surface area contributed by atoms with E-state index >= 15 is 0 Å². The van der Waals surface area contributed by atoms with Gasteiger partial charge in [0.2, 0.25) is 0 Å². The number of rotatable bonds is 8. The van der Waals surface area contributed by atoms with Gasteiger partial charge in [-0.05, 0) is 19.0 Å². The maximum Gasteiger partial charge on any atom is 0.0640 e. The van der Waals surface area contributed by atoms with Crippen LogP contribution in [-0.4, -0.2) is 6.54 Å². The summed E-state index contributed by atoms with van der Waals surface area (Å²) in [4.78, 5) is 0. The molecule has 2 nitrogen and oxygen atoms in total. The van der Waals surface area contributed by atoms with Gasteiger partial charge in [-0.2, -0.15) is 5.26 Å². The van der Waals surface area contributed by atoms with Crippen LogP contribution in [0.2, 0.25) is 0 Å². The topological polar surface area (TPSA) is 35.8 Å². The second-order valence-corrected chi connectivity index (χ2v) is 3.11. The highest BCUT2D eigenvalue weighted by atomic mass is 14.8. The van der Waals surface area contributed by atoms with Gasteiger partial charge in [-0.15, -0.1) is 0 Å². The van der Waals surface area contributed by atoms with Crippen LogP contribution in [0.15, 0.2) is 12.3 Å². The van der Waals surface area contributed by atoms with Crippen LogP contribution in [0.25, 0.3) is 0 Å². The molecule has 0 aliphatic heterocycles. The Hall–Kier alpha value is -0.970. The Morgan fingerprint density at radius 3 is 2.85 bits per heavy atom. The molecule has 0 saturated carbocycles. The van der Waals surface area contributed by atoms with E-state index in [1.54, 1.807) is 0 Å². The average Bonchev–Trinajstić information content (AvgIpc) is 2.16. The van der Waals surface area contributed by atoms with Gasteiger partial charge in [-0.3, -0.25) is 0 Å². The fourth-order valence-corrected chi connectivity index (χ4v) is 1.07. The Bertz CT molecular complexity index is 156. The Labute approximate surface area is 81.6 Å². The normalized spacial score (nSPS) is 10.2. The van der Waals surface area contributed by atoms with E-state index in [9.17, 15) is 0 Å². The molecule has 0 aromatic heterocycles. The molecule has 0 aromatic carbocycles. The maximum atomic E-state index is 8.25. The quantitative estimate of drug-likeness (QED) is 0.583. The molecule has 0 saturated heterocycles. The van der Waals surface area contributed by atoms with Crippen molar-refractivity contribution in [3.05, 3.63) is 12.3 Å². The van der Waals surface area contributed by atoms with Crippen molar-refractivity contribution >= 4 is 0 Å². The maximum absolute atomic E-state index is 8.25. The summed E-state index contributed by atoms with van der Waals surface area (Å²) in [6, 6.07) is 2.09. The summed E-state index contributed by atoms with van der Waals surface area (Å²) in [6.07, 6.45) is 11.1. The number of nitrogens with one attached hydrogen (secondary N) is 1. The number of hydrogen-bond acceptors (Lipinski definition) is 2. The van der Waals surface area contributed by atoms with Crippen molar-refractivity contribution in [1.82, 2.24) is 5.32 Å². The van der Waals surface area contributed by atoms with Gasteiger partial charge < -0.3 is 5.32 Å². The summed E-state index contributed by atoms with van der Waals surface area (Å²) in [6.45, 7) is 2.99. The molecule has 2 heteroatoms. The molecule has 0 amide bonds. The molecule has 0 aliphatic carbocycles. The zero-order valence-corrected chi connectivity index (χ0v) is 8.55. The van der Waals surface area contributed by atoms with Crippen LogP contribution in [0.3, 0.4) is 0 Å². The highest BCUT2D eigenvalue weighted by molar-refractivity contribution is 4.81. The van der Waals surface area contributed by atoms with Crippen LogP contribution in [-0.2, 0) is 0 Å². The minimum absolute atomic E-state index is 0.584. The molecular weight excluding hydrogens is 160 g/mol. The van der Waals surface area contributed by atoms with Gasteiger partial charge in [0, 0.05) is 6.54 Å². The summed E-state index contributed by atoms with van der Waals surface area (Å²) in [5, 5.41) is 11.3. The molecule has 0 heterocycles. The molecule has 0 fully saturated rings. The summed E-state index contributed by atoms with van der Waals surface area (Å²) >= 11 is 0. The van der Waals surface area contributed by atoms with Crippen molar-refractivity contribution < 1.29 is 0 Å². The van der Waals surface area contributed by atoms with Crippen LogP contribution >= 0.6 is 0 Å². The van der Waals surface area contributed by atoms with Crippen LogP contribution < -0.4 is 5.32 Å². The van der Waals surface area contributed by atoms with Gasteiger partial charge in [-0.1, -0.05) is 32.3 Å². The predicted octanol–water partition coefficient (Wildman–Crippen LogP) is 2.97. The minimum Gasteiger partial charge on any atom is -0.390 e. The van der Waals surface area contributed by atoms with Gasteiger partial charge in [0.1, 0.15) is 0 Å². The monoisotopic (exact) mass is 180 g/mol.